The monoisotopic (exact) mass is 208 g/mol. The molecule has 78 valence electrons. The second-order valence-corrected chi connectivity index (χ2v) is 3.09. The van der Waals surface area contributed by atoms with Gasteiger partial charge in [-0.25, -0.2) is 0 Å². The first-order chi connectivity index (χ1) is 7.16. The quantitative estimate of drug-likeness (QED) is 0.603. The molecule has 0 aromatic carbocycles. The third kappa shape index (κ3) is 1.94. The summed E-state index contributed by atoms with van der Waals surface area (Å²) < 4.78 is 5.24. The lowest BCUT2D eigenvalue weighted by Gasteiger charge is -1.99. The zero-order chi connectivity index (χ0) is 10.8. The van der Waals surface area contributed by atoms with Crippen LogP contribution in [0, 0.1) is 10.1 Å². The van der Waals surface area contributed by atoms with Gasteiger partial charge in [0.2, 0.25) is 6.54 Å². The van der Waals surface area contributed by atoms with E-state index in [1.165, 1.54) is 0 Å². The summed E-state index contributed by atoms with van der Waals surface area (Å²) in [5, 5.41) is 20.3. The number of nitrogens with zero attached hydrogens (tertiary/aromatic N) is 2. The first-order valence-electron chi connectivity index (χ1n) is 4.30. The number of fused-ring (bicyclic) bond motifs is 1. The number of aliphatic hydroxyl groups is 1. The SMILES string of the molecule is O=[N+]([O-])CC(O)c1cc2cnccc2o1. The fourth-order valence-electron chi connectivity index (χ4n) is 1.30. The summed E-state index contributed by atoms with van der Waals surface area (Å²) in [6.07, 6.45) is 1.91. The Kier molecular flexibility index (Phi) is 2.34. The van der Waals surface area contributed by atoms with Gasteiger partial charge >= 0.3 is 0 Å². The Labute approximate surface area is 84.3 Å². The van der Waals surface area contributed by atoms with E-state index >= 15 is 0 Å². The molecule has 0 saturated heterocycles. The molecule has 6 nitrogen and oxygen atoms in total. The first kappa shape index (κ1) is 9.60. The van der Waals surface area contributed by atoms with Crippen LogP contribution in [0.1, 0.15) is 11.9 Å². The molecule has 2 aromatic rings. The van der Waals surface area contributed by atoms with Gasteiger partial charge in [-0.15, -0.1) is 0 Å². The van der Waals surface area contributed by atoms with Crippen LogP contribution in [0.15, 0.2) is 28.9 Å². The van der Waals surface area contributed by atoms with Gasteiger partial charge in [-0.2, -0.15) is 0 Å². The zero-order valence-electron chi connectivity index (χ0n) is 7.66. The Hall–Kier alpha value is -1.95. The van der Waals surface area contributed by atoms with Crippen LogP contribution in [0.4, 0.5) is 0 Å². The molecule has 1 atom stereocenters. The molecule has 0 radical (unpaired) electrons. The van der Waals surface area contributed by atoms with E-state index in [0.29, 0.717) is 5.58 Å². The molecule has 2 aromatic heterocycles. The van der Waals surface area contributed by atoms with Gasteiger partial charge in [-0.1, -0.05) is 0 Å². The van der Waals surface area contributed by atoms with Gasteiger partial charge in [0, 0.05) is 22.7 Å². The number of pyridine rings is 1. The number of rotatable bonds is 3. The molecule has 0 amide bonds. The van der Waals surface area contributed by atoms with Crippen LogP contribution < -0.4 is 0 Å². The second kappa shape index (κ2) is 3.66. The highest BCUT2D eigenvalue weighted by Crippen LogP contribution is 2.22. The van der Waals surface area contributed by atoms with E-state index in [0.717, 1.165) is 5.39 Å². The summed E-state index contributed by atoms with van der Waals surface area (Å²) in [4.78, 5) is 13.5. The van der Waals surface area contributed by atoms with E-state index in [4.69, 9.17) is 4.42 Å². The van der Waals surface area contributed by atoms with Crippen molar-refractivity contribution in [3.8, 4) is 0 Å². The van der Waals surface area contributed by atoms with Crippen molar-refractivity contribution in [3.05, 3.63) is 40.4 Å². The first-order valence-corrected chi connectivity index (χ1v) is 4.30. The maximum absolute atomic E-state index is 10.2. The van der Waals surface area contributed by atoms with Crippen molar-refractivity contribution < 1.29 is 14.4 Å². The van der Waals surface area contributed by atoms with Gasteiger partial charge in [0.25, 0.3) is 0 Å². The third-order valence-electron chi connectivity index (χ3n) is 1.99. The van der Waals surface area contributed by atoms with Crippen molar-refractivity contribution in [2.75, 3.05) is 6.54 Å². The van der Waals surface area contributed by atoms with Crippen molar-refractivity contribution in [1.29, 1.82) is 0 Å². The van der Waals surface area contributed by atoms with E-state index in [2.05, 4.69) is 4.98 Å². The number of hydrogen-bond acceptors (Lipinski definition) is 5. The fourth-order valence-corrected chi connectivity index (χ4v) is 1.30. The molecule has 1 unspecified atom stereocenters. The number of aromatic nitrogens is 1. The smallest absolute Gasteiger partial charge is 0.236 e. The van der Waals surface area contributed by atoms with Crippen molar-refractivity contribution in [3.63, 3.8) is 0 Å². The molecule has 0 aliphatic rings. The van der Waals surface area contributed by atoms with Crippen LogP contribution in [-0.4, -0.2) is 21.6 Å². The highest BCUT2D eigenvalue weighted by atomic mass is 16.6. The lowest BCUT2D eigenvalue weighted by molar-refractivity contribution is -0.492. The molecule has 2 rings (SSSR count). The molecular weight excluding hydrogens is 200 g/mol. The van der Waals surface area contributed by atoms with Gasteiger partial charge < -0.3 is 9.52 Å². The number of nitro groups is 1. The molecule has 0 bridgehead atoms. The van der Waals surface area contributed by atoms with Gasteiger partial charge in [0.05, 0.1) is 0 Å². The Morgan fingerprint density at radius 1 is 1.67 bits per heavy atom. The lowest BCUT2D eigenvalue weighted by Crippen LogP contribution is -2.10. The van der Waals surface area contributed by atoms with Crippen molar-refractivity contribution in [2.45, 2.75) is 6.10 Å². The fraction of sp³-hybridized carbons (Fsp3) is 0.222. The van der Waals surface area contributed by atoms with Crippen LogP contribution in [-0.2, 0) is 0 Å². The van der Waals surface area contributed by atoms with Crippen molar-refractivity contribution >= 4 is 11.0 Å². The largest absolute Gasteiger partial charge is 0.458 e. The normalized spacial score (nSPS) is 12.9. The molecule has 0 spiro atoms. The highest BCUT2D eigenvalue weighted by Gasteiger charge is 2.18. The Balaban J connectivity index is 2.32. The van der Waals surface area contributed by atoms with Crippen molar-refractivity contribution in [1.82, 2.24) is 4.98 Å². The summed E-state index contributed by atoms with van der Waals surface area (Å²) in [6, 6.07) is 3.19. The molecule has 0 saturated carbocycles. The molecule has 0 fully saturated rings. The predicted octanol–water partition coefficient (Wildman–Crippen LogP) is 1.14. The average Bonchev–Trinajstić information content (AvgIpc) is 2.59. The number of aliphatic hydroxyl groups excluding tert-OH is 1. The second-order valence-electron chi connectivity index (χ2n) is 3.09. The lowest BCUT2D eigenvalue weighted by atomic mass is 10.2. The number of furan rings is 1. The minimum absolute atomic E-state index is 0.190. The van der Waals surface area contributed by atoms with Gasteiger partial charge in [0.1, 0.15) is 11.3 Å². The van der Waals surface area contributed by atoms with E-state index < -0.39 is 17.6 Å². The summed E-state index contributed by atoms with van der Waals surface area (Å²) in [7, 11) is 0. The average molecular weight is 208 g/mol. The molecule has 1 N–H and O–H groups in total. The molecule has 0 aliphatic carbocycles. The Morgan fingerprint density at radius 3 is 3.13 bits per heavy atom. The van der Waals surface area contributed by atoms with Gasteiger partial charge in [0.15, 0.2) is 6.10 Å². The van der Waals surface area contributed by atoms with Crippen LogP contribution >= 0.6 is 0 Å². The topological polar surface area (TPSA) is 89.4 Å². The third-order valence-corrected chi connectivity index (χ3v) is 1.99. The van der Waals surface area contributed by atoms with Crippen LogP contribution in [0.2, 0.25) is 0 Å². The zero-order valence-corrected chi connectivity index (χ0v) is 7.66. The highest BCUT2D eigenvalue weighted by molar-refractivity contribution is 5.76. The molecular formula is C9H8N2O4. The van der Waals surface area contributed by atoms with Crippen molar-refractivity contribution in [2.24, 2.45) is 0 Å². The summed E-state index contributed by atoms with van der Waals surface area (Å²) in [5.74, 6) is 0.190. The van der Waals surface area contributed by atoms with Crippen LogP contribution in [0.3, 0.4) is 0 Å². The molecule has 6 heteroatoms. The van der Waals surface area contributed by atoms with Gasteiger partial charge in [-0.3, -0.25) is 15.1 Å². The van der Waals surface area contributed by atoms with E-state index in [1.54, 1.807) is 24.5 Å². The number of hydrogen-bond donors (Lipinski definition) is 1. The standard InChI is InChI=1S/C9H8N2O4/c12-7(5-11(13)14)9-3-6-4-10-2-1-8(6)15-9/h1-4,7,12H,5H2. The molecule has 0 aliphatic heterocycles. The molecule has 2 heterocycles. The summed E-state index contributed by atoms with van der Waals surface area (Å²) in [5.41, 5.74) is 0.558. The van der Waals surface area contributed by atoms with E-state index in [-0.39, 0.29) is 5.76 Å². The Morgan fingerprint density at radius 2 is 2.47 bits per heavy atom. The predicted molar refractivity (Wildman–Crippen MR) is 50.8 cm³/mol. The Bertz CT molecular complexity index is 461. The van der Waals surface area contributed by atoms with Gasteiger partial charge in [-0.05, 0) is 12.1 Å². The maximum atomic E-state index is 10.2. The van der Waals surface area contributed by atoms with Crippen LogP contribution in [0.5, 0.6) is 0 Å². The minimum atomic E-state index is -1.22. The summed E-state index contributed by atoms with van der Waals surface area (Å²) >= 11 is 0. The minimum Gasteiger partial charge on any atom is -0.458 e. The van der Waals surface area contributed by atoms with E-state index in [9.17, 15) is 15.2 Å². The van der Waals surface area contributed by atoms with E-state index in [1.807, 2.05) is 0 Å². The maximum Gasteiger partial charge on any atom is 0.236 e. The molecule has 15 heavy (non-hydrogen) atoms. The summed E-state index contributed by atoms with van der Waals surface area (Å²) in [6.45, 7) is -0.562. The van der Waals surface area contributed by atoms with Crippen LogP contribution in [0.25, 0.3) is 11.0 Å².